The van der Waals surface area contributed by atoms with Gasteiger partial charge in [0.05, 0.1) is 17.4 Å². The van der Waals surface area contributed by atoms with Gasteiger partial charge in [-0.1, -0.05) is 34.8 Å². The minimum atomic E-state index is -2.08. The molecule has 84 valence electrons. The molecule has 0 aliphatic rings. The number of esters is 1. The first-order valence-corrected chi connectivity index (χ1v) is 5.32. The van der Waals surface area contributed by atoms with E-state index in [1.165, 1.54) is 6.33 Å². The molecular weight excluding hydrogens is 274 g/mol. The van der Waals surface area contributed by atoms with Crippen LogP contribution < -0.4 is 4.74 Å². The predicted octanol–water partition coefficient (Wildman–Crippen LogP) is 2.84. The number of halogens is 3. The number of rotatable bonds is 1. The maximum Gasteiger partial charge on any atom is 0.363 e. The van der Waals surface area contributed by atoms with Gasteiger partial charge < -0.3 is 9.72 Å². The molecule has 0 atom stereocenters. The highest BCUT2D eigenvalue weighted by atomic mass is 35.6. The number of fused-ring (bicyclic) bond motifs is 1. The lowest BCUT2D eigenvalue weighted by Crippen LogP contribution is -2.24. The van der Waals surface area contributed by atoms with E-state index >= 15 is 0 Å². The summed E-state index contributed by atoms with van der Waals surface area (Å²) in [6.07, 6.45) is 1.53. The first kappa shape index (κ1) is 11.5. The summed E-state index contributed by atoms with van der Waals surface area (Å²) in [6, 6.07) is 4.85. The Morgan fingerprint density at radius 1 is 1.38 bits per heavy atom. The van der Waals surface area contributed by atoms with E-state index in [0.717, 1.165) is 11.0 Å². The normalized spacial score (nSPS) is 11.7. The molecule has 0 amide bonds. The quantitative estimate of drug-likeness (QED) is 0.496. The van der Waals surface area contributed by atoms with Crippen molar-refractivity contribution in [2.45, 2.75) is 3.79 Å². The smallest absolute Gasteiger partial charge is 0.363 e. The summed E-state index contributed by atoms with van der Waals surface area (Å²) in [4.78, 5) is 18.1. The van der Waals surface area contributed by atoms with Crippen LogP contribution in [0.1, 0.15) is 0 Å². The second kappa shape index (κ2) is 4.13. The molecule has 0 fully saturated rings. The van der Waals surface area contributed by atoms with Crippen molar-refractivity contribution in [2.24, 2.45) is 0 Å². The number of aromatic nitrogens is 2. The van der Waals surface area contributed by atoms with Crippen molar-refractivity contribution in [3.63, 3.8) is 0 Å². The molecule has 0 bridgehead atoms. The summed E-state index contributed by atoms with van der Waals surface area (Å²) < 4.78 is 2.79. The highest BCUT2D eigenvalue weighted by molar-refractivity contribution is 6.75. The van der Waals surface area contributed by atoms with E-state index in [4.69, 9.17) is 39.5 Å². The Bertz CT molecular complexity index is 533. The van der Waals surface area contributed by atoms with Gasteiger partial charge in [0.25, 0.3) is 3.79 Å². The maximum absolute atomic E-state index is 11.3. The van der Waals surface area contributed by atoms with Gasteiger partial charge in [0.15, 0.2) is 0 Å². The van der Waals surface area contributed by atoms with Crippen molar-refractivity contribution in [3.05, 3.63) is 24.5 Å². The van der Waals surface area contributed by atoms with E-state index < -0.39 is 9.76 Å². The molecule has 1 N–H and O–H groups in total. The van der Waals surface area contributed by atoms with Crippen LogP contribution in [0.3, 0.4) is 0 Å². The maximum atomic E-state index is 11.3. The Kier molecular flexibility index (Phi) is 2.97. The van der Waals surface area contributed by atoms with Crippen LogP contribution in [-0.2, 0) is 4.79 Å². The molecule has 4 nitrogen and oxygen atoms in total. The van der Waals surface area contributed by atoms with E-state index in [2.05, 4.69) is 9.97 Å². The van der Waals surface area contributed by atoms with Gasteiger partial charge in [0.2, 0.25) is 0 Å². The number of H-pyrrole nitrogens is 1. The molecule has 0 saturated heterocycles. The Balaban J connectivity index is 2.24. The average Bonchev–Trinajstić information content (AvgIpc) is 2.63. The largest absolute Gasteiger partial charge is 0.423 e. The summed E-state index contributed by atoms with van der Waals surface area (Å²) in [5.41, 5.74) is 1.49. The number of hydrogen-bond acceptors (Lipinski definition) is 3. The lowest BCUT2D eigenvalue weighted by molar-refractivity contribution is -0.133. The predicted molar refractivity (Wildman–Crippen MR) is 62.0 cm³/mol. The van der Waals surface area contributed by atoms with Crippen molar-refractivity contribution in [3.8, 4) is 5.75 Å². The number of aromatic amines is 1. The van der Waals surface area contributed by atoms with E-state index in [0.29, 0.717) is 0 Å². The first-order valence-electron chi connectivity index (χ1n) is 4.19. The van der Waals surface area contributed by atoms with Crippen molar-refractivity contribution >= 4 is 51.8 Å². The van der Waals surface area contributed by atoms with Gasteiger partial charge in [-0.2, -0.15) is 0 Å². The number of nitrogens with zero attached hydrogens (tertiary/aromatic N) is 1. The van der Waals surface area contributed by atoms with Gasteiger partial charge in [0.1, 0.15) is 5.75 Å². The monoisotopic (exact) mass is 278 g/mol. The highest BCUT2D eigenvalue weighted by Gasteiger charge is 2.33. The van der Waals surface area contributed by atoms with Crippen molar-refractivity contribution < 1.29 is 9.53 Å². The second-order valence-electron chi connectivity index (χ2n) is 2.97. The van der Waals surface area contributed by atoms with Gasteiger partial charge in [-0.05, 0) is 12.1 Å². The zero-order valence-corrected chi connectivity index (χ0v) is 9.97. The molecule has 0 aliphatic heterocycles. The van der Waals surface area contributed by atoms with Crippen LogP contribution in [0.5, 0.6) is 5.75 Å². The summed E-state index contributed by atoms with van der Waals surface area (Å²) >= 11 is 16.1. The zero-order valence-electron chi connectivity index (χ0n) is 7.71. The summed E-state index contributed by atoms with van der Waals surface area (Å²) in [7, 11) is 0. The standard InChI is InChI=1S/C9H5Cl3N2O2/c10-9(11,12)8(15)16-5-1-2-6-7(3-5)14-4-13-6/h1-4H,(H,13,14). The van der Waals surface area contributed by atoms with Crippen molar-refractivity contribution in [1.29, 1.82) is 0 Å². The minimum Gasteiger partial charge on any atom is -0.423 e. The molecule has 1 aromatic carbocycles. The Morgan fingerprint density at radius 2 is 2.12 bits per heavy atom. The number of carbonyl (C=O) groups is 1. The van der Waals surface area contributed by atoms with Gasteiger partial charge in [0, 0.05) is 6.07 Å². The molecule has 1 heterocycles. The van der Waals surface area contributed by atoms with E-state index in [1.807, 2.05) is 0 Å². The number of nitrogens with one attached hydrogen (secondary N) is 1. The van der Waals surface area contributed by atoms with Gasteiger partial charge in [-0.3, -0.25) is 0 Å². The number of ether oxygens (including phenoxy) is 1. The number of carbonyl (C=O) groups excluding carboxylic acids is 1. The van der Waals surface area contributed by atoms with Crippen LogP contribution in [0.4, 0.5) is 0 Å². The Hall–Kier alpha value is -0.970. The number of hydrogen-bond donors (Lipinski definition) is 1. The fourth-order valence-corrected chi connectivity index (χ4v) is 1.26. The minimum absolute atomic E-state index is 0.285. The summed E-state index contributed by atoms with van der Waals surface area (Å²) in [5, 5.41) is 0. The fraction of sp³-hybridized carbons (Fsp3) is 0.111. The third kappa shape index (κ3) is 2.40. The Labute approximate surface area is 105 Å². The van der Waals surface area contributed by atoms with Gasteiger partial charge in [-0.25, -0.2) is 9.78 Å². The molecule has 7 heteroatoms. The van der Waals surface area contributed by atoms with E-state index in [1.54, 1.807) is 18.2 Å². The molecule has 16 heavy (non-hydrogen) atoms. The number of alkyl halides is 3. The SMILES string of the molecule is O=C(Oc1ccc2nc[nH]c2c1)C(Cl)(Cl)Cl. The van der Waals surface area contributed by atoms with Crippen LogP contribution in [0.2, 0.25) is 0 Å². The van der Waals surface area contributed by atoms with E-state index in [9.17, 15) is 4.79 Å². The average molecular weight is 280 g/mol. The van der Waals surface area contributed by atoms with Crippen molar-refractivity contribution in [2.75, 3.05) is 0 Å². The zero-order chi connectivity index (χ0) is 11.8. The lowest BCUT2D eigenvalue weighted by atomic mass is 10.3. The Morgan fingerprint density at radius 3 is 2.81 bits per heavy atom. The van der Waals surface area contributed by atoms with Crippen LogP contribution in [-0.4, -0.2) is 19.7 Å². The number of benzene rings is 1. The van der Waals surface area contributed by atoms with Crippen LogP contribution >= 0.6 is 34.8 Å². The molecule has 0 unspecified atom stereocenters. The molecule has 0 aliphatic carbocycles. The fourth-order valence-electron chi connectivity index (χ4n) is 1.14. The third-order valence-electron chi connectivity index (χ3n) is 1.83. The molecule has 2 rings (SSSR count). The van der Waals surface area contributed by atoms with Crippen molar-refractivity contribution in [1.82, 2.24) is 9.97 Å². The molecular formula is C9H5Cl3N2O2. The molecule has 0 spiro atoms. The van der Waals surface area contributed by atoms with Crippen LogP contribution in [0.15, 0.2) is 24.5 Å². The summed E-state index contributed by atoms with van der Waals surface area (Å²) in [5.74, 6) is -0.663. The molecule has 0 saturated carbocycles. The van der Waals surface area contributed by atoms with Crippen LogP contribution in [0.25, 0.3) is 11.0 Å². The summed E-state index contributed by atoms with van der Waals surface area (Å²) in [6.45, 7) is 0. The molecule has 1 aromatic heterocycles. The lowest BCUT2D eigenvalue weighted by Gasteiger charge is -2.09. The second-order valence-corrected chi connectivity index (χ2v) is 5.25. The third-order valence-corrected chi connectivity index (χ3v) is 2.30. The highest BCUT2D eigenvalue weighted by Crippen LogP contribution is 2.29. The molecule has 0 radical (unpaired) electrons. The first-order chi connectivity index (χ1) is 7.47. The molecule has 2 aromatic rings. The van der Waals surface area contributed by atoms with Crippen LogP contribution in [0, 0.1) is 0 Å². The van der Waals surface area contributed by atoms with E-state index in [-0.39, 0.29) is 5.75 Å². The topological polar surface area (TPSA) is 55.0 Å². The van der Waals surface area contributed by atoms with Gasteiger partial charge in [-0.15, -0.1) is 0 Å². The number of imidazole rings is 1. The van der Waals surface area contributed by atoms with Gasteiger partial charge >= 0.3 is 5.97 Å².